The van der Waals surface area contributed by atoms with Gasteiger partial charge in [-0.05, 0) is 85.8 Å². The number of hydrogen-bond acceptors (Lipinski definition) is 1. The van der Waals surface area contributed by atoms with Crippen molar-refractivity contribution in [3.8, 4) is 0 Å². The van der Waals surface area contributed by atoms with Crippen molar-refractivity contribution in [2.24, 2.45) is 5.92 Å². The number of fused-ring (bicyclic) bond motifs is 1. The Balaban J connectivity index is 2.12. The van der Waals surface area contributed by atoms with E-state index in [2.05, 4.69) is 26.0 Å². The number of nitrogens with one attached hydrogen (secondary N) is 1. The lowest BCUT2D eigenvalue weighted by atomic mass is 9.92. The van der Waals surface area contributed by atoms with E-state index in [0.29, 0.717) is 0 Å². The Morgan fingerprint density at radius 2 is 2.11 bits per heavy atom. The molecule has 0 saturated heterocycles. The molecule has 18 heavy (non-hydrogen) atoms. The van der Waals surface area contributed by atoms with Crippen molar-refractivity contribution in [1.29, 1.82) is 5.41 Å². The zero-order valence-electron chi connectivity index (χ0n) is 11.3. The summed E-state index contributed by atoms with van der Waals surface area (Å²) in [6.07, 6.45) is 10.3. The molecule has 0 aromatic heterocycles. The number of benzene rings is 1. The predicted octanol–water partition coefficient (Wildman–Crippen LogP) is 4.29. The minimum Gasteiger partial charge on any atom is -0.308 e. The van der Waals surface area contributed by atoms with E-state index in [1.165, 1.54) is 60.6 Å². The van der Waals surface area contributed by atoms with Gasteiger partial charge in [0.15, 0.2) is 0 Å². The average molecular weight is 239 g/mol. The Bertz CT molecular complexity index is 533. The van der Waals surface area contributed by atoms with Gasteiger partial charge in [-0.1, -0.05) is 11.6 Å². The van der Waals surface area contributed by atoms with Crippen molar-refractivity contribution in [1.82, 2.24) is 0 Å². The van der Waals surface area contributed by atoms with Gasteiger partial charge >= 0.3 is 0 Å². The largest absolute Gasteiger partial charge is 0.308 e. The van der Waals surface area contributed by atoms with Crippen LogP contribution in [0.5, 0.6) is 0 Å². The molecule has 0 aliphatic heterocycles. The van der Waals surface area contributed by atoms with Gasteiger partial charge in [-0.25, -0.2) is 0 Å². The van der Waals surface area contributed by atoms with E-state index >= 15 is 0 Å². The molecule has 2 aliphatic rings. The average Bonchev–Trinajstić information content (AvgIpc) is 3.11. The van der Waals surface area contributed by atoms with E-state index in [-0.39, 0.29) is 0 Å². The summed E-state index contributed by atoms with van der Waals surface area (Å²) in [6.45, 7) is 4.49. The Hall–Kier alpha value is -1.37. The first kappa shape index (κ1) is 11.7. The molecule has 1 aromatic rings. The Kier molecular flexibility index (Phi) is 2.85. The predicted molar refractivity (Wildman–Crippen MR) is 77.5 cm³/mol. The molecular weight excluding hydrogens is 218 g/mol. The van der Waals surface area contributed by atoms with Crippen LogP contribution in [0.2, 0.25) is 0 Å². The molecule has 2 aliphatic carbocycles. The van der Waals surface area contributed by atoms with Crippen LogP contribution in [0.3, 0.4) is 0 Å². The third kappa shape index (κ3) is 1.92. The minimum atomic E-state index is 0.816. The van der Waals surface area contributed by atoms with Gasteiger partial charge in [0.05, 0.1) is 0 Å². The standard InChI is InChI=1S/C17H21N/c1-11(13-6-7-13)8-17-12(2)16-5-3-4-14(16)9-15(17)10-18/h8-10,13,18H,3-7H2,1-2H3/b11-8+,18-10?. The fraction of sp³-hybridized carbons (Fsp3) is 0.471. The third-order valence-corrected chi connectivity index (χ3v) is 4.51. The van der Waals surface area contributed by atoms with Crippen molar-refractivity contribution < 1.29 is 0 Å². The molecule has 1 saturated carbocycles. The molecule has 0 spiro atoms. The SMILES string of the molecule is C/C(=C\c1c(C=N)cc2c(c1C)CCC2)C1CC1. The highest BCUT2D eigenvalue weighted by Crippen LogP contribution is 2.38. The summed E-state index contributed by atoms with van der Waals surface area (Å²) >= 11 is 0. The second-order valence-electron chi connectivity index (χ2n) is 5.80. The zero-order valence-corrected chi connectivity index (χ0v) is 11.3. The first-order valence-corrected chi connectivity index (χ1v) is 7.04. The lowest BCUT2D eigenvalue weighted by Gasteiger charge is -2.13. The fourth-order valence-electron chi connectivity index (χ4n) is 3.19. The summed E-state index contributed by atoms with van der Waals surface area (Å²) in [4.78, 5) is 0. The molecule has 0 heterocycles. The van der Waals surface area contributed by atoms with E-state index in [1.54, 1.807) is 5.56 Å². The maximum absolute atomic E-state index is 7.66. The van der Waals surface area contributed by atoms with Gasteiger partial charge in [0.25, 0.3) is 0 Å². The molecule has 0 unspecified atom stereocenters. The van der Waals surface area contributed by atoms with Gasteiger partial charge in [0.2, 0.25) is 0 Å². The van der Waals surface area contributed by atoms with E-state index in [1.807, 2.05) is 0 Å². The summed E-state index contributed by atoms with van der Waals surface area (Å²) in [7, 11) is 0. The summed E-state index contributed by atoms with van der Waals surface area (Å²) in [6, 6.07) is 2.24. The summed E-state index contributed by atoms with van der Waals surface area (Å²) in [5.74, 6) is 0.816. The van der Waals surface area contributed by atoms with Crippen LogP contribution in [-0.2, 0) is 12.8 Å². The van der Waals surface area contributed by atoms with Crippen molar-refractivity contribution in [3.63, 3.8) is 0 Å². The topological polar surface area (TPSA) is 23.9 Å². The molecule has 1 heteroatoms. The van der Waals surface area contributed by atoms with Crippen LogP contribution in [0, 0.1) is 18.3 Å². The molecule has 0 amide bonds. The van der Waals surface area contributed by atoms with Crippen LogP contribution in [0.15, 0.2) is 11.6 Å². The van der Waals surface area contributed by atoms with Gasteiger partial charge in [-0.2, -0.15) is 0 Å². The Morgan fingerprint density at radius 1 is 1.33 bits per heavy atom. The van der Waals surface area contributed by atoms with Crippen molar-refractivity contribution in [2.75, 3.05) is 0 Å². The number of hydrogen-bond donors (Lipinski definition) is 1. The van der Waals surface area contributed by atoms with Crippen LogP contribution < -0.4 is 0 Å². The molecule has 1 fully saturated rings. The van der Waals surface area contributed by atoms with Crippen LogP contribution in [0.4, 0.5) is 0 Å². The van der Waals surface area contributed by atoms with Crippen molar-refractivity contribution >= 4 is 12.3 Å². The first-order valence-electron chi connectivity index (χ1n) is 7.04. The molecule has 0 radical (unpaired) electrons. The minimum absolute atomic E-state index is 0.816. The van der Waals surface area contributed by atoms with Crippen LogP contribution in [0.25, 0.3) is 6.08 Å². The fourth-order valence-corrected chi connectivity index (χ4v) is 3.19. The van der Waals surface area contributed by atoms with E-state index in [0.717, 1.165) is 11.5 Å². The molecule has 3 rings (SSSR count). The monoisotopic (exact) mass is 239 g/mol. The Morgan fingerprint density at radius 3 is 2.78 bits per heavy atom. The van der Waals surface area contributed by atoms with Crippen molar-refractivity contribution in [3.05, 3.63) is 39.5 Å². The van der Waals surface area contributed by atoms with Crippen LogP contribution in [-0.4, -0.2) is 6.21 Å². The molecule has 1 aromatic carbocycles. The maximum atomic E-state index is 7.66. The lowest BCUT2D eigenvalue weighted by molar-refractivity contribution is 0.909. The van der Waals surface area contributed by atoms with E-state index < -0.39 is 0 Å². The van der Waals surface area contributed by atoms with E-state index in [4.69, 9.17) is 5.41 Å². The van der Waals surface area contributed by atoms with Gasteiger partial charge in [-0.3, -0.25) is 0 Å². The smallest absolute Gasteiger partial charge is 0.0256 e. The first-order chi connectivity index (χ1) is 8.70. The number of rotatable bonds is 3. The zero-order chi connectivity index (χ0) is 12.7. The molecular formula is C17H21N. The van der Waals surface area contributed by atoms with Crippen LogP contribution in [0.1, 0.15) is 54.0 Å². The molecule has 0 bridgehead atoms. The third-order valence-electron chi connectivity index (χ3n) is 4.51. The number of allylic oxidation sites excluding steroid dienone is 1. The summed E-state index contributed by atoms with van der Waals surface area (Å²) in [5.41, 5.74) is 8.36. The highest BCUT2D eigenvalue weighted by Gasteiger charge is 2.24. The highest BCUT2D eigenvalue weighted by molar-refractivity contribution is 5.86. The molecule has 1 nitrogen and oxygen atoms in total. The normalized spacial score (nSPS) is 18.9. The number of aryl methyl sites for hydroxylation is 1. The quantitative estimate of drug-likeness (QED) is 0.761. The second-order valence-corrected chi connectivity index (χ2v) is 5.80. The maximum Gasteiger partial charge on any atom is 0.0256 e. The summed E-state index contributed by atoms with van der Waals surface area (Å²) in [5, 5.41) is 7.66. The Labute approximate surface area is 109 Å². The molecule has 0 atom stereocenters. The van der Waals surface area contributed by atoms with Gasteiger partial charge in [-0.15, -0.1) is 0 Å². The summed E-state index contributed by atoms with van der Waals surface area (Å²) < 4.78 is 0. The van der Waals surface area contributed by atoms with Gasteiger partial charge in [0.1, 0.15) is 0 Å². The van der Waals surface area contributed by atoms with E-state index in [9.17, 15) is 0 Å². The van der Waals surface area contributed by atoms with Gasteiger partial charge < -0.3 is 5.41 Å². The molecule has 94 valence electrons. The lowest BCUT2D eigenvalue weighted by Crippen LogP contribution is -1.98. The van der Waals surface area contributed by atoms with Gasteiger partial charge in [0, 0.05) is 6.21 Å². The van der Waals surface area contributed by atoms with Crippen molar-refractivity contribution in [2.45, 2.75) is 46.0 Å². The second kappa shape index (κ2) is 4.38. The molecule has 1 N–H and O–H groups in total. The highest BCUT2D eigenvalue weighted by atomic mass is 14.3. The van der Waals surface area contributed by atoms with Crippen LogP contribution >= 0.6 is 0 Å².